The number of nitrogens with one attached hydrogen (secondary N) is 1. The van der Waals surface area contributed by atoms with E-state index < -0.39 is 16.0 Å². The number of aliphatic hydroxyl groups is 1. The molecule has 1 aromatic rings. The van der Waals surface area contributed by atoms with E-state index in [9.17, 15) is 13.2 Å². The minimum absolute atomic E-state index is 0.0608. The number of aromatic nitrogens is 1. The van der Waals surface area contributed by atoms with Gasteiger partial charge in [0.05, 0.1) is 7.11 Å². The lowest BCUT2D eigenvalue weighted by molar-refractivity contribution is 0.0589. The molecule has 0 saturated heterocycles. The second-order valence-corrected chi connectivity index (χ2v) is 7.39. The molecule has 8 heteroatoms. The molecule has 0 saturated carbocycles. The molecule has 0 aliphatic heterocycles. The summed E-state index contributed by atoms with van der Waals surface area (Å²) >= 11 is 0. The van der Waals surface area contributed by atoms with Crippen LogP contribution in [0.25, 0.3) is 0 Å². The summed E-state index contributed by atoms with van der Waals surface area (Å²) in [5.41, 5.74) is -0.561. The maximum absolute atomic E-state index is 12.4. The van der Waals surface area contributed by atoms with Gasteiger partial charge in [0.25, 0.3) is 0 Å². The maximum atomic E-state index is 12.4. The number of carbonyl (C=O) groups excluding carboxylic acids is 1. The maximum Gasteiger partial charge on any atom is 0.358 e. The number of esters is 1. The van der Waals surface area contributed by atoms with Crippen LogP contribution in [0.5, 0.6) is 0 Å². The van der Waals surface area contributed by atoms with Crippen LogP contribution in [0.4, 0.5) is 0 Å². The molecular weight excluding hydrogens is 308 g/mol. The van der Waals surface area contributed by atoms with Crippen molar-refractivity contribution in [3.05, 3.63) is 24.0 Å². The number of nitrogens with zero attached hydrogens (tertiary/aromatic N) is 1. The van der Waals surface area contributed by atoms with Crippen molar-refractivity contribution in [1.82, 2.24) is 9.71 Å². The van der Waals surface area contributed by atoms with Gasteiger partial charge in [0.1, 0.15) is 4.90 Å². The first-order valence-electron chi connectivity index (χ1n) is 6.87. The first kappa shape index (κ1) is 18.5. The third-order valence-corrected chi connectivity index (χ3v) is 4.62. The zero-order chi connectivity index (χ0) is 16.8. The van der Waals surface area contributed by atoms with Crippen LogP contribution in [0.15, 0.2) is 23.2 Å². The standard InChI is InChI=1S/C14H22N2O5S/c1-14(2,7-5-9-17)10-16-22(19,20)11-6-4-8-15-12(11)13(18)21-3/h4,6,8,16-17H,5,7,9-10H2,1-3H3. The van der Waals surface area contributed by atoms with E-state index in [0.29, 0.717) is 12.8 Å². The van der Waals surface area contributed by atoms with E-state index in [1.807, 2.05) is 13.8 Å². The lowest BCUT2D eigenvalue weighted by Crippen LogP contribution is -2.35. The summed E-state index contributed by atoms with van der Waals surface area (Å²) < 4.78 is 31.8. The van der Waals surface area contributed by atoms with Crippen molar-refractivity contribution in [3.63, 3.8) is 0 Å². The van der Waals surface area contributed by atoms with Crippen molar-refractivity contribution in [3.8, 4) is 0 Å². The number of carbonyl (C=O) groups is 1. The van der Waals surface area contributed by atoms with Crippen LogP contribution in [-0.4, -0.2) is 44.7 Å². The van der Waals surface area contributed by atoms with Crippen LogP contribution in [0, 0.1) is 5.41 Å². The van der Waals surface area contributed by atoms with Crippen molar-refractivity contribution in [1.29, 1.82) is 0 Å². The van der Waals surface area contributed by atoms with E-state index in [1.165, 1.54) is 25.4 Å². The molecule has 0 unspecified atom stereocenters. The topological polar surface area (TPSA) is 106 Å². The molecule has 0 aromatic carbocycles. The SMILES string of the molecule is COC(=O)c1ncccc1S(=O)(=O)NCC(C)(C)CCCO. The second kappa shape index (κ2) is 7.66. The fourth-order valence-corrected chi connectivity index (χ4v) is 3.26. The molecule has 0 fully saturated rings. The number of hydrogen-bond donors (Lipinski definition) is 2. The average Bonchev–Trinajstić information content (AvgIpc) is 2.50. The molecule has 1 heterocycles. The van der Waals surface area contributed by atoms with Crippen molar-refractivity contribution >= 4 is 16.0 Å². The van der Waals surface area contributed by atoms with E-state index in [2.05, 4.69) is 14.4 Å². The van der Waals surface area contributed by atoms with Gasteiger partial charge in [-0.05, 0) is 30.4 Å². The minimum atomic E-state index is -3.88. The highest BCUT2D eigenvalue weighted by molar-refractivity contribution is 7.89. The molecule has 7 nitrogen and oxygen atoms in total. The number of ether oxygens (including phenoxy) is 1. The molecule has 2 N–H and O–H groups in total. The van der Waals surface area contributed by atoms with Crippen LogP contribution < -0.4 is 4.72 Å². The monoisotopic (exact) mass is 330 g/mol. The lowest BCUT2D eigenvalue weighted by atomic mass is 9.88. The molecule has 1 rings (SSSR count). The van der Waals surface area contributed by atoms with E-state index in [4.69, 9.17) is 5.11 Å². The van der Waals surface area contributed by atoms with Crippen molar-refractivity contribution in [2.45, 2.75) is 31.6 Å². The van der Waals surface area contributed by atoms with Gasteiger partial charge in [-0.3, -0.25) is 0 Å². The molecule has 124 valence electrons. The zero-order valence-corrected chi connectivity index (χ0v) is 13.8. The predicted molar refractivity (Wildman–Crippen MR) is 80.9 cm³/mol. The second-order valence-electron chi connectivity index (χ2n) is 5.66. The van der Waals surface area contributed by atoms with Crippen LogP contribution in [-0.2, 0) is 14.8 Å². The first-order chi connectivity index (χ1) is 10.2. The first-order valence-corrected chi connectivity index (χ1v) is 8.36. The Morgan fingerprint density at radius 1 is 1.45 bits per heavy atom. The highest BCUT2D eigenvalue weighted by atomic mass is 32.2. The summed E-state index contributed by atoms with van der Waals surface area (Å²) in [6.07, 6.45) is 2.59. The van der Waals surface area contributed by atoms with Gasteiger partial charge in [-0.2, -0.15) is 0 Å². The van der Waals surface area contributed by atoms with Gasteiger partial charge in [0.2, 0.25) is 10.0 Å². The van der Waals surface area contributed by atoms with Gasteiger partial charge in [-0.15, -0.1) is 0 Å². The van der Waals surface area contributed by atoms with Crippen LogP contribution in [0.1, 0.15) is 37.2 Å². The van der Waals surface area contributed by atoms with E-state index in [1.54, 1.807) is 0 Å². The average molecular weight is 330 g/mol. The van der Waals surface area contributed by atoms with E-state index in [-0.39, 0.29) is 29.2 Å². The fourth-order valence-electron chi connectivity index (χ4n) is 1.87. The zero-order valence-electron chi connectivity index (χ0n) is 13.0. The van der Waals surface area contributed by atoms with Crippen LogP contribution >= 0.6 is 0 Å². The Kier molecular flexibility index (Phi) is 6.46. The fraction of sp³-hybridized carbons (Fsp3) is 0.571. The van der Waals surface area contributed by atoms with Crippen LogP contribution in [0.2, 0.25) is 0 Å². The van der Waals surface area contributed by atoms with Gasteiger partial charge >= 0.3 is 5.97 Å². The van der Waals surface area contributed by atoms with Gasteiger partial charge in [-0.25, -0.2) is 22.9 Å². The summed E-state index contributed by atoms with van der Waals surface area (Å²) in [6.45, 7) is 4.04. The molecule has 1 aromatic heterocycles. The Balaban J connectivity index is 2.94. The quantitative estimate of drug-likeness (QED) is 0.687. The molecular formula is C14H22N2O5S. The number of rotatable bonds is 8. The highest BCUT2D eigenvalue weighted by Gasteiger charge is 2.26. The van der Waals surface area contributed by atoms with E-state index in [0.717, 1.165) is 0 Å². The summed E-state index contributed by atoms with van der Waals surface area (Å²) in [4.78, 5) is 15.2. The third kappa shape index (κ3) is 5.04. The molecule has 0 atom stereocenters. The molecule has 0 aliphatic carbocycles. The number of hydrogen-bond acceptors (Lipinski definition) is 6. The van der Waals surface area contributed by atoms with Gasteiger partial charge in [0, 0.05) is 19.3 Å². The van der Waals surface area contributed by atoms with Crippen molar-refractivity contribution in [2.75, 3.05) is 20.3 Å². The smallest absolute Gasteiger partial charge is 0.358 e. The summed E-state index contributed by atoms with van der Waals surface area (Å²) in [7, 11) is -2.71. The Labute approximate surface area is 130 Å². The Morgan fingerprint density at radius 3 is 2.73 bits per heavy atom. The minimum Gasteiger partial charge on any atom is -0.464 e. The summed E-state index contributed by atoms with van der Waals surface area (Å²) in [5, 5.41) is 8.86. The highest BCUT2D eigenvalue weighted by Crippen LogP contribution is 2.22. The van der Waals surface area contributed by atoms with Gasteiger partial charge in [-0.1, -0.05) is 13.8 Å². The number of pyridine rings is 1. The van der Waals surface area contributed by atoms with E-state index >= 15 is 0 Å². The number of aliphatic hydroxyl groups excluding tert-OH is 1. The van der Waals surface area contributed by atoms with Gasteiger partial charge < -0.3 is 9.84 Å². The Bertz CT molecular complexity index is 613. The normalized spacial score (nSPS) is 12.2. The molecule has 0 aliphatic rings. The van der Waals surface area contributed by atoms with Crippen molar-refractivity contribution in [2.24, 2.45) is 5.41 Å². The van der Waals surface area contributed by atoms with Crippen molar-refractivity contribution < 1.29 is 23.1 Å². The molecule has 0 bridgehead atoms. The van der Waals surface area contributed by atoms with Crippen LogP contribution in [0.3, 0.4) is 0 Å². The lowest BCUT2D eigenvalue weighted by Gasteiger charge is -2.24. The predicted octanol–water partition coefficient (Wildman–Crippen LogP) is 0.945. The number of sulfonamides is 1. The third-order valence-electron chi connectivity index (χ3n) is 3.19. The Hall–Kier alpha value is -1.51. The largest absolute Gasteiger partial charge is 0.464 e. The molecule has 0 radical (unpaired) electrons. The summed E-state index contributed by atoms with van der Waals surface area (Å²) in [6, 6.07) is 2.75. The Morgan fingerprint density at radius 2 is 2.14 bits per heavy atom. The van der Waals surface area contributed by atoms with Gasteiger partial charge in [0.15, 0.2) is 5.69 Å². The summed E-state index contributed by atoms with van der Waals surface area (Å²) in [5.74, 6) is -0.805. The molecule has 0 amide bonds. The molecule has 0 spiro atoms. The molecule has 22 heavy (non-hydrogen) atoms. The number of methoxy groups -OCH3 is 1.